The van der Waals surface area contributed by atoms with Crippen molar-refractivity contribution in [2.75, 3.05) is 37.7 Å². The van der Waals surface area contributed by atoms with Crippen molar-refractivity contribution in [3.8, 4) is 0 Å². The summed E-state index contributed by atoms with van der Waals surface area (Å²) in [5, 5.41) is 10.5. The summed E-state index contributed by atoms with van der Waals surface area (Å²) in [5.41, 5.74) is 2.43. The molecule has 0 amide bonds. The minimum absolute atomic E-state index is 0.240. The van der Waals surface area contributed by atoms with Gasteiger partial charge in [0.05, 0.1) is 10.2 Å². The molecule has 0 spiro atoms. The van der Waals surface area contributed by atoms with Gasteiger partial charge in [-0.15, -0.1) is 0 Å². The molecule has 1 saturated heterocycles. The van der Waals surface area contributed by atoms with Crippen molar-refractivity contribution >= 4 is 26.7 Å². The van der Waals surface area contributed by atoms with Gasteiger partial charge in [-0.05, 0) is 32.4 Å². The van der Waals surface area contributed by atoms with E-state index >= 15 is 0 Å². The smallest absolute Gasteiger partial charge is 0.186 e. The van der Waals surface area contributed by atoms with Gasteiger partial charge in [-0.3, -0.25) is 4.90 Å². The van der Waals surface area contributed by atoms with Crippen LogP contribution in [0.25, 0.3) is 10.2 Å². The molecule has 4 nitrogen and oxygen atoms in total. The van der Waals surface area contributed by atoms with E-state index in [4.69, 9.17) is 4.98 Å². The Kier molecular flexibility index (Phi) is 5.30. The molecule has 0 aliphatic carbocycles. The van der Waals surface area contributed by atoms with Crippen LogP contribution in [0.3, 0.4) is 0 Å². The van der Waals surface area contributed by atoms with Gasteiger partial charge in [-0.2, -0.15) is 0 Å². The van der Waals surface area contributed by atoms with Gasteiger partial charge in [-0.25, -0.2) is 4.98 Å². The average molecular weight is 331 g/mol. The van der Waals surface area contributed by atoms with E-state index in [1.165, 1.54) is 10.3 Å². The lowest BCUT2D eigenvalue weighted by Crippen LogP contribution is -2.53. The Labute approximate surface area is 142 Å². The van der Waals surface area contributed by atoms with E-state index in [-0.39, 0.29) is 6.61 Å². The van der Waals surface area contributed by atoms with Crippen LogP contribution in [0.5, 0.6) is 0 Å². The fourth-order valence-electron chi connectivity index (χ4n) is 3.02. The molecule has 1 atom stereocenters. The third-order valence-electron chi connectivity index (χ3n) is 4.35. The molecule has 1 aromatic heterocycles. The zero-order valence-electron chi connectivity index (χ0n) is 13.9. The number of rotatable bonds is 5. The number of anilines is 1. The van der Waals surface area contributed by atoms with Crippen molar-refractivity contribution in [1.82, 2.24) is 9.88 Å². The molecule has 3 rings (SSSR count). The normalized spacial score (nSPS) is 19.3. The Bertz CT molecular complexity index is 645. The molecule has 23 heavy (non-hydrogen) atoms. The number of para-hydroxylation sites is 1. The fourth-order valence-corrected chi connectivity index (χ4v) is 4.03. The zero-order chi connectivity index (χ0) is 16.2. The molecule has 1 aliphatic heterocycles. The summed E-state index contributed by atoms with van der Waals surface area (Å²) in [6, 6.07) is 8.70. The number of benzene rings is 1. The van der Waals surface area contributed by atoms with Crippen LogP contribution in [-0.2, 0) is 0 Å². The molecule has 5 heteroatoms. The number of hydrogen-bond donors (Lipinski definition) is 1. The maximum Gasteiger partial charge on any atom is 0.186 e. The van der Waals surface area contributed by atoms with Gasteiger partial charge in [0.15, 0.2) is 5.13 Å². The fraction of sp³-hybridized carbons (Fsp3) is 0.500. The van der Waals surface area contributed by atoms with Crippen LogP contribution in [-0.4, -0.2) is 53.8 Å². The van der Waals surface area contributed by atoms with Crippen LogP contribution < -0.4 is 4.90 Å². The highest BCUT2D eigenvalue weighted by molar-refractivity contribution is 7.22. The average Bonchev–Trinajstić information content (AvgIpc) is 2.98. The molecule has 0 unspecified atom stereocenters. The van der Waals surface area contributed by atoms with Gasteiger partial charge in [-0.1, -0.05) is 35.1 Å². The Morgan fingerprint density at radius 1 is 1.35 bits per heavy atom. The highest BCUT2D eigenvalue weighted by atomic mass is 32.1. The minimum Gasteiger partial charge on any atom is -0.396 e. The zero-order valence-corrected chi connectivity index (χ0v) is 14.7. The molecule has 2 aromatic rings. The van der Waals surface area contributed by atoms with Crippen molar-refractivity contribution in [2.45, 2.75) is 26.3 Å². The minimum atomic E-state index is 0.240. The largest absolute Gasteiger partial charge is 0.396 e. The van der Waals surface area contributed by atoms with Crippen molar-refractivity contribution in [1.29, 1.82) is 0 Å². The molecular formula is C18H25N3OS. The molecule has 1 aliphatic rings. The number of fused-ring (bicyclic) bond motifs is 1. The second-order valence-electron chi connectivity index (χ2n) is 6.35. The van der Waals surface area contributed by atoms with Crippen LogP contribution >= 0.6 is 11.3 Å². The van der Waals surface area contributed by atoms with Crippen molar-refractivity contribution in [2.24, 2.45) is 0 Å². The standard InChI is InChI=1S/C18H25N3OS/c1-14(2)7-9-20-10-11-21(13-15(20)8-12-22)18-19-16-5-3-4-6-17(16)23-18/h3-7,15,22H,8-13H2,1-2H3/t15-/m1/s1. The Hall–Kier alpha value is -1.43. The highest BCUT2D eigenvalue weighted by Crippen LogP contribution is 2.30. The molecule has 1 aromatic carbocycles. The van der Waals surface area contributed by atoms with Gasteiger partial charge in [0.1, 0.15) is 0 Å². The number of nitrogens with zero attached hydrogens (tertiary/aromatic N) is 3. The monoisotopic (exact) mass is 331 g/mol. The summed E-state index contributed by atoms with van der Waals surface area (Å²) in [4.78, 5) is 9.64. The lowest BCUT2D eigenvalue weighted by atomic mass is 10.1. The van der Waals surface area contributed by atoms with E-state index in [0.717, 1.165) is 43.2 Å². The summed E-state index contributed by atoms with van der Waals surface area (Å²) in [5.74, 6) is 0. The number of thiazole rings is 1. The van der Waals surface area contributed by atoms with Gasteiger partial charge in [0.2, 0.25) is 0 Å². The predicted octanol–water partition coefficient (Wildman–Crippen LogP) is 3.14. The Morgan fingerprint density at radius 2 is 2.17 bits per heavy atom. The van der Waals surface area contributed by atoms with Gasteiger partial charge < -0.3 is 10.0 Å². The number of piperazine rings is 1. The van der Waals surface area contributed by atoms with Gasteiger partial charge >= 0.3 is 0 Å². The Balaban J connectivity index is 1.74. The van der Waals surface area contributed by atoms with E-state index < -0.39 is 0 Å². The third kappa shape index (κ3) is 3.91. The second kappa shape index (κ2) is 7.43. The summed E-state index contributed by atoms with van der Waals surface area (Å²) >= 11 is 1.77. The maximum atomic E-state index is 9.41. The Morgan fingerprint density at radius 3 is 2.91 bits per heavy atom. The van der Waals surface area contributed by atoms with Crippen molar-refractivity contribution in [3.63, 3.8) is 0 Å². The summed E-state index contributed by atoms with van der Waals surface area (Å²) in [7, 11) is 0. The first-order valence-electron chi connectivity index (χ1n) is 8.26. The first kappa shape index (κ1) is 16.4. The number of allylic oxidation sites excluding steroid dienone is 1. The number of aromatic nitrogens is 1. The molecule has 124 valence electrons. The molecular weight excluding hydrogens is 306 g/mol. The molecule has 0 radical (unpaired) electrons. The topological polar surface area (TPSA) is 39.6 Å². The molecule has 0 saturated carbocycles. The van der Waals surface area contributed by atoms with Crippen molar-refractivity contribution in [3.05, 3.63) is 35.9 Å². The number of hydrogen-bond acceptors (Lipinski definition) is 5. The van der Waals surface area contributed by atoms with Gasteiger partial charge in [0, 0.05) is 38.8 Å². The van der Waals surface area contributed by atoms with Crippen molar-refractivity contribution < 1.29 is 5.11 Å². The summed E-state index contributed by atoms with van der Waals surface area (Å²) in [6.07, 6.45) is 3.09. The first-order chi connectivity index (χ1) is 11.2. The maximum absolute atomic E-state index is 9.41. The third-order valence-corrected chi connectivity index (χ3v) is 5.45. The van der Waals surface area contributed by atoms with Crippen LogP contribution in [0.4, 0.5) is 5.13 Å². The van der Waals surface area contributed by atoms with E-state index in [2.05, 4.69) is 47.9 Å². The van der Waals surface area contributed by atoms with E-state index in [1.807, 2.05) is 6.07 Å². The van der Waals surface area contributed by atoms with Crippen LogP contribution in [0, 0.1) is 0 Å². The number of aliphatic hydroxyl groups is 1. The molecule has 2 heterocycles. The molecule has 1 N–H and O–H groups in total. The second-order valence-corrected chi connectivity index (χ2v) is 7.36. The van der Waals surface area contributed by atoms with E-state index in [9.17, 15) is 5.11 Å². The first-order valence-corrected chi connectivity index (χ1v) is 9.08. The van der Waals surface area contributed by atoms with Crippen LogP contribution in [0.15, 0.2) is 35.9 Å². The van der Waals surface area contributed by atoms with Gasteiger partial charge in [0.25, 0.3) is 0 Å². The quantitative estimate of drug-likeness (QED) is 0.855. The predicted molar refractivity (Wildman–Crippen MR) is 98.3 cm³/mol. The SMILES string of the molecule is CC(C)=CCN1CCN(c2nc3ccccc3s2)C[C@H]1CCO. The lowest BCUT2D eigenvalue weighted by Gasteiger charge is -2.41. The highest BCUT2D eigenvalue weighted by Gasteiger charge is 2.27. The number of aliphatic hydroxyl groups excluding tert-OH is 1. The van der Waals surface area contributed by atoms with E-state index in [1.54, 1.807) is 11.3 Å². The van der Waals surface area contributed by atoms with Crippen LogP contribution in [0.1, 0.15) is 20.3 Å². The molecule has 1 fully saturated rings. The molecule has 0 bridgehead atoms. The van der Waals surface area contributed by atoms with E-state index in [0.29, 0.717) is 6.04 Å². The summed E-state index contributed by atoms with van der Waals surface area (Å²) < 4.78 is 1.24. The van der Waals surface area contributed by atoms with Crippen LogP contribution in [0.2, 0.25) is 0 Å². The lowest BCUT2D eigenvalue weighted by molar-refractivity contribution is 0.155. The summed E-state index contributed by atoms with van der Waals surface area (Å²) in [6.45, 7) is 8.45.